The fourth-order valence-corrected chi connectivity index (χ4v) is 5.44. The summed E-state index contributed by atoms with van der Waals surface area (Å²) in [6, 6.07) is 7.33. The van der Waals surface area contributed by atoms with E-state index in [1.165, 1.54) is 30.3 Å². The third kappa shape index (κ3) is 5.88. The second-order valence-corrected chi connectivity index (χ2v) is 10.9. The van der Waals surface area contributed by atoms with Crippen molar-refractivity contribution in [1.29, 1.82) is 0 Å². The molecule has 0 aliphatic heterocycles. The SMILES string of the molecule is N[C@@H](Cc1cc(C(F)(F)F)c(Oc2ccc3[nH]cc(S(=O)(=O)c4ccc(Cl)cc4)c3c2)c(C(F)(F)F)c1)C(=O)O. The highest BCUT2D eigenvalue weighted by Gasteiger charge is 2.43. The highest BCUT2D eigenvalue weighted by atomic mass is 35.5. The number of alkyl halides is 6. The Morgan fingerprint density at radius 1 is 0.975 bits per heavy atom. The molecule has 0 saturated heterocycles. The number of fused-ring (bicyclic) bond motifs is 1. The summed E-state index contributed by atoms with van der Waals surface area (Å²) in [6.07, 6.45) is -10.4. The number of H-pyrrole nitrogens is 1. The van der Waals surface area contributed by atoms with Crippen molar-refractivity contribution in [3.63, 3.8) is 0 Å². The normalized spacial score (nSPS) is 13.4. The number of benzene rings is 3. The van der Waals surface area contributed by atoms with Crippen LogP contribution in [0.15, 0.2) is 70.6 Å². The summed E-state index contributed by atoms with van der Waals surface area (Å²) < 4.78 is 115. The van der Waals surface area contributed by atoms with E-state index in [4.69, 9.17) is 27.2 Å². The highest BCUT2D eigenvalue weighted by molar-refractivity contribution is 7.91. The van der Waals surface area contributed by atoms with Gasteiger partial charge in [0.2, 0.25) is 9.84 Å². The molecule has 0 amide bonds. The summed E-state index contributed by atoms with van der Waals surface area (Å²) in [4.78, 5) is 13.3. The van der Waals surface area contributed by atoms with Gasteiger partial charge < -0.3 is 20.6 Å². The zero-order valence-corrected chi connectivity index (χ0v) is 21.3. The van der Waals surface area contributed by atoms with Gasteiger partial charge in [-0.05, 0) is 66.6 Å². The maximum absolute atomic E-state index is 13.9. The number of carboxylic acids is 1. The van der Waals surface area contributed by atoms with Gasteiger partial charge in [0.1, 0.15) is 11.8 Å². The summed E-state index contributed by atoms with van der Waals surface area (Å²) >= 11 is 5.81. The first-order valence-corrected chi connectivity index (χ1v) is 12.9. The lowest BCUT2D eigenvalue weighted by molar-refractivity contribution is -0.145. The number of nitrogens with two attached hydrogens (primary N) is 1. The van der Waals surface area contributed by atoms with E-state index in [1.54, 1.807) is 0 Å². The van der Waals surface area contributed by atoms with Crippen LogP contribution in [-0.2, 0) is 33.4 Å². The Kier molecular flexibility index (Phi) is 7.56. The number of aromatic nitrogens is 1. The third-order valence-corrected chi connectivity index (χ3v) is 7.84. The van der Waals surface area contributed by atoms with Crippen molar-refractivity contribution in [3.05, 3.63) is 82.5 Å². The van der Waals surface area contributed by atoms with E-state index in [1.807, 2.05) is 0 Å². The van der Waals surface area contributed by atoms with E-state index < -0.39 is 68.8 Å². The number of sulfone groups is 1. The first-order valence-electron chi connectivity index (χ1n) is 11.1. The zero-order chi connectivity index (χ0) is 29.6. The molecule has 15 heteroatoms. The number of hydrogen-bond acceptors (Lipinski definition) is 5. The monoisotopic (exact) mass is 606 g/mol. The lowest BCUT2D eigenvalue weighted by Gasteiger charge is -2.21. The van der Waals surface area contributed by atoms with Gasteiger partial charge in [-0.15, -0.1) is 0 Å². The second-order valence-electron chi connectivity index (χ2n) is 8.58. The second kappa shape index (κ2) is 10.3. The van der Waals surface area contributed by atoms with Gasteiger partial charge in [-0.1, -0.05) is 11.6 Å². The molecule has 40 heavy (non-hydrogen) atoms. The van der Waals surface area contributed by atoms with Gasteiger partial charge in [-0.3, -0.25) is 4.79 Å². The van der Waals surface area contributed by atoms with Crippen LogP contribution in [0.25, 0.3) is 10.9 Å². The van der Waals surface area contributed by atoms with Crippen LogP contribution >= 0.6 is 11.6 Å². The number of halogens is 7. The Balaban J connectivity index is 1.85. The van der Waals surface area contributed by atoms with E-state index in [9.17, 15) is 39.6 Å². The minimum atomic E-state index is -5.35. The van der Waals surface area contributed by atoms with Crippen molar-refractivity contribution in [2.24, 2.45) is 5.73 Å². The smallest absolute Gasteiger partial charge is 0.420 e. The molecule has 0 aliphatic rings. The number of rotatable bonds is 7. The van der Waals surface area contributed by atoms with E-state index in [-0.39, 0.29) is 25.7 Å². The fourth-order valence-electron chi connectivity index (χ4n) is 3.90. The van der Waals surface area contributed by atoms with Crippen molar-refractivity contribution in [1.82, 2.24) is 4.98 Å². The van der Waals surface area contributed by atoms with Crippen molar-refractivity contribution >= 4 is 38.3 Å². The van der Waals surface area contributed by atoms with E-state index in [2.05, 4.69) is 4.98 Å². The predicted molar refractivity (Wildman–Crippen MR) is 131 cm³/mol. The Labute approximate surface area is 227 Å². The molecule has 7 nitrogen and oxygen atoms in total. The number of carboxylic acid groups (broad SMARTS) is 1. The van der Waals surface area contributed by atoms with Crippen LogP contribution in [0.2, 0.25) is 5.02 Å². The van der Waals surface area contributed by atoms with Gasteiger partial charge in [0, 0.05) is 22.1 Å². The summed E-state index contributed by atoms with van der Waals surface area (Å²) in [7, 11) is -4.18. The molecule has 0 spiro atoms. The van der Waals surface area contributed by atoms with Crippen LogP contribution in [0.5, 0.6) is 11.5 Å². The average Bonchev–Trinajstić information content (AvgIpc) is 3.27. The predicted octanol–water partition coefficient (Wildman–Crippen LogP) is 6.44. The van der Waals surface area contributed by atoms with Crippen LogP contribution in [0.3, 0.4) is 0 Å². The zero-order valence-electron chi connectivity index (χ0n) is 19.8. The van der Waals surface area contributed by atoms with Gasteiger partial charge in [-0.25, -0.2) is 8.42 Å². The lowest BCUT2D eigenvalue weighted by Crippen LogP contribution is -2.32. The maximum atomic E-state index is 13.9. The van der Waals surface area contributed by atoms with Gasteiger partial charge in [0.15, 0.2) is 5.75 Å². The average molecular weight is 607 g/mol. The van der Waals surface area contributed by atoms with Crippen LogP contribution < -0.4 is 10.5 Å². The minimum Gasteiger partial charge on any atom is -0.480 e. The number of ether oxygens (including phenoxy) is 1. The van der Waals surface area contributed by atoms with E-state index >= 15 is 0 Å². The number of aliphatic carboxylic acids is 1. The molecule has 0 radical (unpaired) electrons. The first kappa shape index (κ1) is 29.2. The Hall–Kier alpha value is -3.75. The molecule has 3 aromatic carbocycles. The van der Waals surface area contributed by atoms with Crippen LogP contribution in [0.4, 0.5) is 26.3 Å². The van der Waals surface area contributed by atoms with Gasteiger partial charge >= 0.3 is 18.3 Å². The quantitative estimate of drug-likeness (QED) is 0.208. The highest BCUT2D eigenvalue weighted by Crippen LogP contribution is 2.47. The molecule has 0 saturated carbocycles. The molecular weight excluding hydrogens is 590 g/mol. The standard InChI is InChI=1S/C25H17ClF6N2O5S/c26-13-1-4-15(5-2-13)40(37,38)21-11-34-20-6-3-14(10-16(20)21)39-22-17(24(27,28)29)7-12(9-19(33)23(35)36)8-18(22)25(30,31)32/h1-8,10-11,19,34H,9,33H2,(H,35,36)/t19-/m0/s1. The van der Waals surface area contributed by atoms with Crippen LogP contribution in [-0.4, -0.2) is 30.5 Å². The molecule has 0 aliphatic carbocycles. The molecule has 1 atom stereocenters. The molecule has 0 unspecified atom stereocenters. The van der Waals surface area contributed by atoms with Crippen molar-refractivity contribution in [2.75, 3.05) is 0 Å². The summed E-state index contributed by atoms with van der Waals surface area (Å²) in [6.45, 7) is 0. The van der Waals surface area contributed by atoms with Crippen molar-refractivity contribution in [3.8, 4) is 11.5 Å². The molecule has 4 aromatic rings. The molecule has 1 aromatic heterocycles. The minimum absolute atomic E-state index is 0.0568. The van der Waals surface area contributed by atoms with Gasteiger partial charge in [0.25, 0.3) is 0 Å². The Bertz CT molecular complexity index is 1660. The van der Waals surface area contributed by atoms with Gasteiger partial charge in [-0.2, -0.15) is 26.3 Å². The molecule has 0 fully saturated rings. The number of nitrogens with one attached hydrogen (secondary N) is 1. The number of aromatic amines is 1. The summed E-state index contributed by atoms with van der Waals surface area (Å²) in [5, 5.41) is 9.15. The van der Waals surface area contributed by atoms with Crippen LogP contribution in [0.1, 0.15) is 16.7 Å². The summed E-state index contributed by atoms with van der Waals surface area (Å²) in [5.41, 5.74) is 1.26. The topological polar surface area (TPSA) is 122 Å². The maximum Gasteiger partial charge on any atom is 0.420 e. The number of carbonyl (C=O) groups is 1. The van der Waals surface area contributed by atoms with E-state index in [0.29, 0.717) is 12.1 Å². The summed E-state index contributed by atoms with van der Waals surface area (Å²) in [5.74, 6) is -3.73. The Morgan fingerprint density at radius 2 is 1.55 bits per heavy atom. The molecular formula is C25H17ClF6N2O5S. The lowest BCUT2D eigenvalue weighted by atomic mass is 9.98. The first-order chi connectivity index (χ1) is 18.5. The molecule has 1 heterocycles. The van der Waals surface area contributed by atoms with Gasteiger partial charge in [0.05, 0.1) is 20.9 Å². The fraction of sp³-hybridized carbons (Fsp3) is 0.160. The third-order valence-electron chi connectivity index (χ3n) is 5.78. The van der Waals surface area contributed by atoms with Crippen LogP contribution in [0, 0.1) is 0 Å². The largest absolute Gasteiger partial charge is 0.480 e. The number of hydrogen-bond donors (Lipinski definition) is 3. The molecule has 4 N–H and O–H groups in total. The molecule has 0 bridgehead atoms. The molecule has 212 valence electrons. The van der Waals surface area contributed by atoms with Crippen molar-refractivity contribution < 1.29 is 49.4 Å². The Morgan fingerprint density at radius 3 is 2.08 bits per heavy atom. The molecule has 4 rings (SSSR count). The van der Waals surface area contributed by atoms with Crippen molar-refractivity contribution in [2.45, 2.75) is 34.6 Å². The van der Waals surface area contributed by atoms with E-state index in [0.717, 1.165) is 18.3 Å².